The maximum atomic E-state index is 15.0. The second-order valence-corrected chi connectivity index (χ2v) is 10.0. The van der Waals surface area contributed by atoms with E-state index in [0.717, 1.165) is 4.73 Å². The van der Waals surface area contributed by atoms with Gasteiger partial charge < -0.3 is 14.5 Å². The van der Waals surface area contributed by atoms with Gasteiger partial charge in [-0.15, -0.1) is 0 Å². The Hall–Kier alpha value is -3.56. The van der Waals surface area contributed by atoms with Gasteiger partial charge in [0.15, 0.2) is 7.14 Å². The van der Waals surface area contributed by atoms with Crippen molar-refractivity contribution in [3.8, 4) is 11.3 Å². The minimum Gasteiger partial charge on any atom is -0.462 e. The van der Waals surface area contributed by atoms with E-state index in [9.17, 15) is 10.0 Å². The van der Waals surface area contributed by atoms with Crippen molar-refractivity contribution < 1.29 is 19.3 Å². The molecule has 6 heteroatoms. The van der Waals surface area contributed by atoms with Crippen LogP contribution in [-0.2, 0) is 9.30 Å². The molecule has 1 heterocycles. The summed E-state index contributed by atoms with van der Waals surface area (Å²) in [5.74, 6) is -0.621. The number of hydrogen-bond donors (Lipinski definition) is 1. The molecule has 0 saturated carbocycles. The first-order valence-electron chi connectivity index (χ1n) is 10.4. The molecule has 0 spiro atoms. The van der Waals surface area contributed by atoms with Gasteiger partial charge in [-0.2, -0.15) is 4.73 Å². The van der Waals surface area contributed by atoms with Gasteiger partial charge in [-0.25, -0.2) is 4.79 Å². The summed E-state index contributed by atoms with van der Waals surface area (Å²) >= 11 is 0. The molecule has 4 aromatic rings. The molecule has 0 saturated heterocycles. The molecule has 162 valence electrons. The third kappa shape index (κ3) is 3.55. The van der Waals surface area contributed by atoms with Crippen LogP contribution >= 0.6 is 7.14 Å². The quantitative estimate of drug-likeness (QED) is 0.269. The molecule has 5 nitrogen and oxygen atoms in total. The van der Waals surface area contributed by atoms with Crippen molar-refractivity contribution in [1.82, 2.24) is 4.73 Å². The van der Waals surface area contributed by atoms with Gasteiger partial charge in [-0.05, 0) is 13.8 Å². The minimum atomic E-state index is -3.54. The van der Waals surface area contributed by atoms with Crippen LogP contribution in [-0.4, -0.2) is 22.5 Å². The molecule has 0 aliphatic carbocycles. The lowest BCUT2D eigenvalue weighted by Gasteiger charge is -2.21. The van der Waals surface area contributed by atoms with Crippen molar-refractivity contribution in [3.05, 3.63) is 102 Å². The van der Waals surface area contributed by atoms with Crippen molar-refractivity contribution in [2.45, 2.75) is 13.8 Å². The summed E-state index contributed by atoms with van der Waals surface area (Å²) in [7, 11) is -3.54. The van der Waals surface area contributed by atoms with Crippen LogP contribution < -0.4 is 15.9 Å². The SMILES string of the molecule is CCOC(=O)c1c(P(=O)(c2ccccc2)c2ccccc2)c(C)n(O)c1-c1ccccc1. The number of nitrogens with zero attached hydrogens (tertiary/aromatic N) is 1. The van der Waals surface area contributed by atoms with Crippen molar-refractivity contribution in [2.24, 2.45) is 0 Å². The van der Waals surface area contributed by atoms with Gasteiger partial charge in [-0.1, -0.05) is 91.0 Å². The number of ether oxygens (including phenoxy) is 1. The zero-order valence-electron chi connectivity index (χ0n) is 17.9. The van der Waals surface area contributed by atoms with Gasteiger partial charge in [0.2, 0.25) is 0 Å². The Morgan fingerprint density at radius 3 is 1.81 bits per heavy atom. The van der Waals surface area contributed by atoms with Crippen molar-refractivity contribution >= 4 is 29.0 Å². The molecule has 0 aliphatic heterocycles. The summed E-state index contributed by atoms with van der Waals surface area (Å²) in [5.41, 5.74) is 1.35. The molecular formula is C26H24NO4P. The highest BCUT2D eigenvalue weighted by atomic mass is 31.2. The summed E-state index contributed by atoms with van der Waals surface area (Å²) in [6, 6.07) is 27.2. The molecule has 0 fully saturated rings. The number of aromatic nitrogens is 1. The Kier molecular flexibility index (Phi) is 6.02. The normalized spacial score (nSPS) is 11.3. The third-order valence-corrected chi connectivity index (χ3v) is 8.65. The third-order valence-electron chi connectivity index (χ3n) is 5.43. The fourth-order valence-corrected chi connectivity index (χ4v) is 7.06. The highest BCUT2D eigenvalue weighted by Gasteiger charge is 2.40. The summed E-state index contributed by atoms with van der Waals surface area (Å²) in [5, 5.41) is 12.5. The largest absolute Gasteiger partial charge is 0.462 e. The Balaban J connectivity index is 2.14. The number of carbonyl (C=O) groups is 1. The lowest BCUT2D eigenvalue weighted by atomic mass is 10.1. The van der Waals surface area contributed by atoms with Crippen LogP contribution in [0.3, 0.4) is 0 Å². The Bertz CT molecular complexity index is 1240. The predicted octanol–water partition coefficient (Wildman–Crippen LogP) is 4.52. The molecule has 3 aromatic carbocycles. The first-order chi connectivity index (χ1) is 15.5. The molecule has 32 heavy (non-hydrogen) atoms. The zero-order chi connectivity index (χ0) is 22.7. The number of rotatable bonds is 6. The van der Waals surface area contributed by atoms with E-state index in [1.54, 1.807) is 50.2 Å². The van der Waals surface area contributed by atoms with Crippen molar-refractivity contribution in [1.29, 1.82) is 0 Å². The lowest BCUT2D eigenvalue weighted by Crippen LogP contribution is -2.29. The molecule has 0 amide bonds. The number of carbonyl (C=O) groups excluding carboxylic acids is 1. The zero-order valence-corrected chi connectivity index (χ0v) is 18.8. The van der Waals surface area contributed by atoms with E-state index in [0.29, 0.717) is 21.9 Å². The molecular weight excluding hydrogens is 421 g/mol. The Labute approximate surface area is 187 Å². The average Bonchev–Trinajstić information content (AvgIpc) is 3.11. The highest BCUT2D eigenvalue weighted by Crippen LogP contribution is 2.46. The van der Waals surface area contributed by atoms with E-state index in [4.69, 9.17) is 4.74 Å². The topological polar surface area (TPSA) is 68.5 Å². The van der Waals surface area contributed by atoms with Crippen LogP contribution in [0.25, 0.3) is 11.3 Å². The van der Waals surface area contributed by atoms with Crippen molar-refractivity contribution in [3.63, 3.8) is 0 Å². The van der Waals surface area contributed by atoms with Gasteiger partial charge in [0.25, 0.3) is 0 Å². The number of hydrogen-bond acceptors (Lipinski definition) is 4. The van der Waals surface area contributed by atoms with Crippen LogP contribution in [0.4, 0.5) is 0 Å². The smallest absolute Gasteiger partial charge is 0.341 e. The van der Waals surface area contributed by atoms with E-state index < -0.39 is 13.1 Å². The fourth-order valence-electron chi connectivity index (χ4n) is 3.99. The predicted molar refractivity (Wildman–Crippen MR) is 127 cm³/mol. The second-order valence-electron chi connectivity index (χ2n) is 7.34. The van der Waals surface area contributed by atoms with Crippen molar-refractivity contribution in [2.75, 3.05) is 6.61 Å². The van der Waals surface area contributed by atoms with Gasteiger partial charge in [0.05, 0.1) is 17.6 Å². The molecule has 1 N–H and O–H groups in total. The van der Waals surface area contributed by atoms with Crippen LogP contribution in [0.2, 0.25) is 0 Å². The standard InChI is InChI=1S/C26H24NO4P/c1-3-31-26(28)23-24(20-13-7-4-8-14-20)27(29)19(2)25(23)32(30,21-15-9-5-10-16-21)22-17-11-6-12-18-22/h4-18,29H,3H2,1-2H3. The minimum absolute atomic E-state index is 0.120. The maximum Gasteiger partial charge on any atom is 0.341 e. The maximum absolute atomic E-state index is 15.0. The van der Waals surface area contributed by atoms with Crippen LogP contribution in [0.5, 0.6) is 0 Å². The van der Waals surface area contributed by atoms with E-state index in [-0.39, 0.29) is 23.2 Å². The molecule has 1 aromatic heterocycles. The molecule has 0 radical (unpaired) electrons. The molecule has 0 unspecified atom stereocenters. The molecule has 0 bridgehead atoms. The highest BCUT2D eigenvalue weighted by molar-refractivity contribution is 7.85. The van der Waals surface area contributed by atoms with E-state index in [1.165, 1.54) is 0 Å². The Morgan fingerprint density at radius 2 is 1.34 bits per heavy atom. The number of esters is 1. The fraction of sp³-hybridized carbons (Fsp3) is 0.115. The first-order valence-corrected chi connectivity index (χ1v) is 12.1. The van der Waals surface area contributed by atoms with E-state index in [2.05, 4.69) is 0 Å². The molecule has 0 aliphatic rings. The summed E-state index contributed by atoms with van der Waals surface area (Å²) in [6.45, 7) is 3.54. The summed E-state index contributed by atoms with van der Waals surface area (Å²) < 4.78 is 21.4. The average molecular weight is 445 g/mol. The Morgan fingerprint density at radius 1 is 0.875 bits per heavy atom. The first kappa shape index (κ1) is 21.7. The van der Waals surface area contributed by atoms with Gasteiger partial charge in [-0.3, -0.25) is 0 Å². The molecule has 0 atom stereocenters. The van der Waals surface area contributed by atoms with Crippen LogP contribution in [0, 0.1) is 6.92 Å². The summed E-state index contributed by atoms with van der Waals surface area (Å²) in [6.07, 6.45) is 0. The lowest BCUT2D eigenvalue weighted by molar-refractivity contribution is 0.0527. The van der Waals surface area contributed by atoms with E-state index >= 15 is 4.57 Å². The number of benzene rings is 3. The van der Waals surface area contributed by atoms with Gasteiger partial charge >= 0.3 is 5.97 Å². The van der Waals surface area contributed by atoms with E-state index in [1.807, 2.05) is 54.6 Å². The van der Waals surface area contributed by atoms with Gasteiger partial charge in [0, 0.05) is 16.2 Å². The monoisotopic (exact) mass is 445 g/mol. The van der Waals surface area contributed by atoms with Crippen LogP contribution in [0.15, 0.2) is 91.0 Å². The summed E-state index contributed by atoms with van der Waals surface area (Å²) in [4.78, 5) is 13.3. The van der Waals surface area contributed by atoms with Crippen LogP contribution in [0.1, 0.15) is 23.0 Å². The second kappa shape index (κ2) is 8.89. The van der Waals surface area contributed by atoms with Gasteiger partial charge in [0.1, 0.15) is 11.3 Å². The molecule has 4 rings (SSSR count).